The third-order valence-corrected chi connectivity index (χ3v) is 3.92. The monoisotopic (exact) mass is 291 g/mol. The Morgan fingerprint density at radius 2 is 1.81 bits per heavy atom. The predicted octanol–water partition coefficient (Wildman–Crippen LogP) is 1.62. The van der Waals surface area contributed by atoms with Crippen molar-refractivity contribution in [2.45, 2.75) is 33.6 Å². The van der Waals surface area contributed by atoms with Crippen molar-refractivity contribution in [3.8, 4) is 0 Å². The summed E-state index contributed by atoms with van der Waals surface area (Å²) in [5.41, 5.74) is 1.07. The third-order valence-electron chi connectivity index (χ3n) is 3.92. The molecule has 0 unspecified atom stereocenters. The first-order valence-corrected chi connectivity index (χ1v) is 7.50. The normalized spacial score (nSPS) is 15.5. The van der Waals surface area contributed by atoms with E-state index in [0.29, 0.717) is 0 Å². The summed E-state index contributed by atoms with van der Waals surface area (Å²) in [6.07, 6.45) is 0. The Balaban J connectivity index is 2.27. The molecule has 0 aromatic carbocycles. The van der Waals surface area contributed by atoms with E-state index in [1.54, 1.807) is 6.92 Å². The molecule has 0 atom stereocenters. The minimum Gasteiger partial charge on any atom is -0.373 e. The van der Waals surface area contributed by atoms with Crippen molar-refractivity contribution >= 4 is 17.5 Å². The van der Waals surface area contributed by atoms with Crippen molar-refractivity contribution in [1.29, 1.82) is 0 Å². The molecule has 1 amide bonds. The van der Waals surface area contributed by atoms with E-state index in [-0.39, 0.29) is 11.8 Å². The van der Waals surface area contributed by atoms with Gasteiger partial charge in [-0.15, -0.1) is 0 Å². The van der Waals surface area contributed by atoms with Gasteiger partial charge in [0.15, 0.2) is 0 Å². The summed E-state index contributed by atoms with van der Waals surface area (Å²) in [4.78, 5) is 24.9. The molecule has 1 fully saturated rings. The summed E-state index contributed by atoms with van der Waals surface area (Å²) in [6, 6.07) is 0. The van der Waals surface area contributed by atoms with Crippen LogP contribution in [0.3, 0.4) is 0 Å². The highest BCUT2D eigenvalue weighted by Crippen LogP contribution is 2.26. The van der Waals surface area contributed by atoms with Gasteiger partial charge in [0.25, 0.3) is 0 Å². The maximum atomic E-state index is 11.4. The van der Waals surface area contributed by atoms with Crippen LogP contribution in [0.1, 0.15) is 38.1 Å². The van der Waals surface area contributed by atoms with E-state index >= 15 is 0 Å². The fourth-order valence-electron chi connectivity index (χ4n) is 2.56. The van der Waals surface area contributed by atoms with Crippen molar-refractivity contribution in [2.24, 2.45) is 0 Å². The van der Waals surface area contributed by atoms with Crippen molar-refractivity contribution in [1.82, 2.24) is 14.9 Å². The van der Waals surface area contributed by atoms with Gasteiger partial charge in [-0.3, -0.25) is 4.79 Å². The van der Waals surface area contributed by atoms with Crippen LogP contribution in [0.2, 0.25) is 0 Å². The molecule has 0 radical (unpaired) electrons. The zero-order valence-corrected chi connectivity index (χ0v) is 13.6. The zero-order valence-electron chi connectivity index (χ0n) is 13.6. The van der Waals surface area contributed by atoms with Crippen LogP contribution in [0, 0.1) is 6.92 Å². The molecule has 0 aliphatic carbocycles. The average Bonchev–Trinajstić information content (AvgIpc) is 2.47. The fraction of sp³-hybridized carbons (Fsp3) is 0.667. The highest BCUT2D eigenvalue weighted by Gasteiger charge is 2.23. The van der Waals surface area contributed by atoms with Gasteiger partial charge in [0, 0.05) is 51.6 Å². The third kappa shape index (κ3) is 3.25. The van der Waals surface area contributed by atoms with Crippen LogP contribution in [-0.4, -0.2) is 54.0 Å². The minimum atomic E-state index is 0.146. The second kappa shape index (κ2) is 6.28. The molecule has 21 heavy (non-hydrogen) atoms. The first kappa shape index (κ1) is 15.5. The number of nitrogens with one attached hydrogen (secondary N) is 1. The topological polar surface area (TPSA) is 61.4 Å². The average molecular weight is 291 g/mol. The molecule has 116 valence electrons. The zero-order chi connectivity index (χ0) is 15.6. The molecule has 6 heteroatoms. The Morgan fingerprint density at radius 1 is 1.19 bits per heavy atom. The maximum Gasteiger partial charge on any atom is 0.219 e. The van der Waals surface area contributed by atoms with E-state index in [1.165, 1.54) is 0 Å². The number of aromatic nitrogens is 2. The summed E-state index contributed by atoms with van der Waals surface area (Å²) >= 11 is 0. The van der Waals surface area contributed by atoms with Crippen LogP contribution in [-0.2, 0) is 4.79 Å². The number of anilines is 2. The van der Waals surface area contributed by atoms with Crippen LogP contribution in [0.5, 0.6) is 0 Å². The standard InChI is InChI=1S/C15H25N5O/c1-10(2)13-17-14(16-5)11(3)15(18-13)20-8-6-19(7-9-20)12(4)21/h10H,6-9H2,1-5H3,(H,16,17,18). The lowest BCUT2D eigenvalue weighted by Gasteiger charge is -2.36. The number of nitrogens with zero attached hydrogens (tertiary/aromatic N) is 4. The van der Waals surface area contributed by atoms with Gasteiger partial charge < -0.3 is 15.1 Å². The molecule has 0 bridgehead atoms. The molecule has 2 heterocycles. The summed E-state index contributed by atoms with van der Waals surface area (Å²) in [7, 11) is 1.89. The first-order valence-electron chi connectivity index (χ1n) is 7.50. The number of carbonyl (C=O) groups excluding carboxylic acids is 1. The number of rotatable bonds is 3. The Morgan fingerprint density at radius 3 is 2.29 bits per heavy atom. The molecule has 0 saturated carbocycles. The number of carbonyl (C=O) groups is 1. The Labute approximate surface area is 126 Å². The van der Waals surface area contributed by atoms with E-state index in [4.69, 9.17) is 4.98 Å². The second-order valence-electron chi connectivity index (χ2n) is 5.78. The lowest BCUT2D eigenvalue weighted by Crippen LogP contribution is -2.48. The van der Waals surface area contributed by atoms with E-state index in [9.17, 15) is 4.79 Å². The number of piperazine rings is 1. The Hall–Kier alpha value is -1.85. The van der Waals surface area contributed by atoms with E-state index in [2.05, 4.69) is 29.0 Å². The van der Waals surface area contributed by atoms with Gasteiger partial charge in [-0.1, -0.05) is 13.8 Å². The van der Waals surface area contributed by atoms with Crippen molar-refractivity contribution < 1.29 is 4.79 Å². The predicted molar refractivity (Wildman–Crippen MR) is 84.9 cm³/mol. The van der Waals surface area contributed by atoms with Crippen molar-refractivity contribution in [3.63, 3.8) is 0 Å². The van der Waals surface area contributed by atoms with Gasteiger partial charge >= 0.3 is 0 Å². The molecule has 0 spiro atoms. The number of amides is 1. The largest absolute Gasteiger partial charge is 0.373 e. The Kier molecular flexibility index (Phi) is 4.65. The van der Waals surface area contributed by atoms with Crippen molar-refractivity contribution in [2.75, 3.05) is 43.4 Å². The van der Waals surface area contributed by atoms with Gasteiger partial charge in [0.1, 0.15) is 17.5 Å². The molecule has 1 aliphatic heterocycles. The molecule has 2 rings (SSSR count). The minimum absolute atomic E-state index is 0.146. The molecule has 1 N–H and O–H groups in total. The van der Waals surface area contributed by atoms with E-state index < -0.39 is 0 Å². The van der Waals surface area contributed by atoms with Gasteiger partial charge in [-0.2, -0.15) is 0 Å². The molecular formula is C15H25N5O. The maximum absolute atomic E-state index is 11.4. The quantitative estimate of drug-likeness (QED) is 0.917. The summed E-state index contributed by atoms with van der Waals surface area (Å²) in [5.74, 6) is 3.16. The second-order valence-corrected chi connectivity index (χ2v) is 5.78. The summed E-state index contributed by atoms with van der Waals surface area (Å²) < 4.78 is 0. The van der Waals surface area contributed by atoms with E-state index in [0.717, 1.165) is 49.2 Å². The van der Waals surface area contributed by atoms with E-state index in [1.807, 2.05) is 18.9 Å². The van der Waals surface area contributed by atoms with Gasteiger partial charge in [0.2, 0.25) is 5.91 Å². The van der Waals surface area contributed by atoms with Gasteiger partial charge in [-0.05, 0) is 6.92 Å². The first-order chi connectivity index (χ1) is 9.93. The SMILES string of the molecule is CNc1nc(C(C)C)nc(N2CCN(C(C)=O)CC2)c1C. The molecule has 1 aliphatic rings. The van der Waals surface area contributed by atoms with Gasteiger partial charge in [-0.25, -0.2) is 9.97 Å². The lowest BCUT2D eigenvalue weighted by atomic mass is 10.2. The fourth-order valence-corrected chi connectivity index (χ4v) is 2.56. The molecule has 1 aromatic heterocycles. The Bertz CT molecular complexity index is 521. The smallest absolute Gasteiger partial charge is 0.219 e. The summed E-state index contributed by atoms with van der Waals surface area (Å²) in [5, 5.41) is 3.15. The van der Waals surface area contributed by atoms with Crippen LogP contribution in [0.25, 0.3) is 0 Å². The molecular weight excluding hydrogens is 266 g/mol. The highest BCUT2D eigenvalue weighted by atomic mass is 16.2. The molecule has 6 nitrogen and oxygen atoms in total. The highest BCUT2D eigenvalue weighted by molar-refractivity contribution is 5.73. The van der Waals surface area contributed by atoms with Crippen LogP contribution in [0.4, 0.5) is 11.6 Å². The number of hydrogen-bond donors (Lipinski definition) is 1. The van der Waals surface area contributed by atoms with Crippen LogP contribution < -0.4 is 10.2 Å². The van der Waals surface area contributed by atoms with Crippen LogP contribution >= 0.6 is 0 Å². The van der Waals surface area contributed by atoms with Gasteiger partial charge in [0.05, 0.1) is 0 Å². The lowest BCUT2D eigenvalue weighted by molar-refractivity contribution is -0.129. The van der Waals surface area contributed by atoms with Crippen molar-refractivity contribution in [3.05, 3.63) is 11.4 Å². The molecule has 1 saturated heterocycles. The number of hydrogen-bond acceptors (Lipinski definition) is 5. The molecule has 1 aromatic rings. The summed E-state index contributed by atoms with van der Waals surface area (Å²) in [6.45, 7) is 11.0. The van der Waals surface area contributed by atoms with Crippen LogP contribution in [0.15, 0.2) is 0 Å².